The second kappa shape index (κ2) is 10.2. The Balaban J connectivity index is 2.11. The van der Waals surface area contributed by atoms with Crippen molar-refractivity contribution in [1.82, 2.24) is 4.90 Å². The van der Waals surface area contributed by atoms with Gasteiger partial charge in [0.15, 0.2) is 0 Å². The number of hydrogen-bond donors (Lipinski definition) is 0. The molecule has 5 nitrogen and oxygen atoms in total. The van der Waals surface area contributed by atoms with Gasteiger partial charge in [0.05, 0.1) is 6.26 Å². The normalized spacial score (nSPS) is 11.2. The standard InChI is InChI=1S/C21H26FNO4S/c1-3-4-5-6-21(24)23(15-17-7-11-19(22)12-8-17)16-18-9-13-20(14-10-18)27-28(2,25)26/h7-14H,3-6,15-16H2,1-2H3. The molecule has 0 aliphatic rings. The first-order valence-corrected chi connectivity index (χ1v) is 11.1. The van der Waals surface area contributed by atoms with Crippen LogP contribution in [-0.2, 0) is 28.0 Å². The molecule has 28 heavy (non-hydrogen) atoms. The molecule has 0 atom stereocenters. The number of unbranched alkanes of at least 4 members (excludes halogenated alkanes) is 2. The molecule has 0 saturated carbocycles. The van der Waals surface area contributed by atoms with Crippen molar-refractivity contribution in [2.45, 2.75) is 45.7 Å². The highest BCUT2D eigenvalue weighted by atomic mass is 32.2. The van der Waals surface area contributed by atoms with Gasteiger partial charge in [0.25, 0.3) is 0 Å². The van der Waals surface area contributed by atoms with Crippen LogP contribution in [0.5, 0.6) is 5.75 Å². The molecule has 2 aromatic rings. The largest absolute Gasteiger partial charge is 0.383 e. The fourth-order valence-electron chi connectivity index (χ4n) is 2.77. The fraction of sp³-hybridized carbons (Fsp3) is 0.381. The minimum Gasteiger partial charge on any atom is -0.383 e. The van der Waals surface area contributed by atoms with Gasteiger partial charge in [0.1, 0.15) is 11.6 Å². The third-order valence-corrected chi connectivity index (χ3v) is 4.67. The van der Waals surface area contributed by atoms with Crippen LogP contribution in [0.1, 0.15) is 43.7 Å². The van der Waals surface area contributed by atoms with Gasteiger partial charge in [0, 0.05) is 19.5 Å². The SMILES string of the molecule is CCCCCC(=O)N(Cc1ccc(F)cc1)Cc1ccc(OS(C)(=O)=O)cc1. The number of carbonyl (C=O) groups excluding carboxylic acids is 1. The second-order valence-electron chi connectivity index (χ2n) is 6.76. The van der Waals surface area contributed by atoms with Crippen molar-refractivity contribution in [2.24, 2.45) is 0 Å². The van der Waals surface area contributed by atoms with Gasteiger partial charge in [-0.2, -0.15) is 8.42 Å². The predicted octanol–water partition coefficient (Wildman–Crippen LogP) is 4.27. The summed E-state index contributed by atoms with van der Waals surface area (Å²) < 4.78 is 40.4. The molecule has 0 aromatic heterocycles. The van der Waals surface area contributed by atoms with Crippen LogP contribution < -0.4 is 4.18 Å². The molecule has 0 unspecified atom stereocenters. The molecule has 0 N–H and O–H groups in total. The Hall–Kier alpha value is -2.41. The highest BCUT2D eigenvalue weighted by Gasteiger charge is 2.15. The molecule has 0 bridgehead atoms. The molecule has 0 aliphatic carbocycles. The van der Waals surface area contributed by atoms with Crippen LogP contribution in [0.15, 0.2) is 48.5 Å². The number of nitrogens with zero attached hydrogens (tertiary/aromatic N) is 1. The number of rotatable bonds is 10. The van der Waals surface area contributed by atoms with E-state index in [1.165, 1.54) is 12.1 Å². The van der Waals surface area contributed by atoms with Gasteiger partial charge in [-0.1, -0.05) is 44.0 Å². The molecule has 0 saturated heterocycles. The van der Waals surface area contributed by atoms with E-state index >= 15 is 0 Å². The molecular formula is C21H26FNO4S. The van der Waals surface area contributed by atoms with Crippen molar-refractivity contribution in [2.75, 3.05) is 6.26 Å². The lowest BCUT2D eigenvalue weighted by Crippen LogP contribution is -2.29. The maximum atomic E-state index is 13.2. The van der Waals surface area contributed by atoms with Crippen LogP contribution in [0.25, 0.3) is 0 Å². The van der Waals surface area contributed by atoms with Crippen LogP contribution in [0.3, 0.4) is 0 Å². The molecular weight excluding hydrogens is 381 g/mol. The van der Waals surface area contributed by atoms with Crippen LogP contribution in [0, 0.1) is 5.82 Å². The van der Waals surface area contributed by atoms with Crippen LogP contribution in [0.4, 0.5) is 4.39 Å². The van der Waals surface area contributed by atoms with E-state index in [1.54, 1.807) is 41.3 Å². The minimum atomic E-state index is -3.58. The highest BCUT2D eigenvalue weighted by molar-refractivity contribution is 7.86. The maximum Gasteiger partial charge on any atom is 0.306 e. The van der Waals surface area contributed by atoms with Crippen molar-refractivity contribution in [1.29, 1.82) is 0 Å². The van der Waals surface area contributed by atoms with Gasteiger partial charge < -0.3 is 9.08 Å². The average molecular weight is 408 g/mol. The molecule has 2 aromatic carbocycles. The van der Waals surface area contributed by atoms with Gasteiger partial charge >= 0.3 is 10.1 Å². The smallest absolute Gasteiger partial charge is 0.306 e. The highest BCUT2D eigenvalue weighted by Crippen LogP contribution is 2.18. The van der Waals surface area contributed by atoms with E-state index in [0.29, 0.717) is 19.5 Å². The fourth-order valence-corrected chi connectivity index (χ4v) is 3.23. The zero-order valence-electron chi connectivity index (χ0n) is 16.2. The van der Waals surface area contributed by atoms with Gasteiger partial charge in [-0.05, 0) is 41.8 Å². The molecule has 0 radical (unpaired) electrons. The summed E-state index contributed by atoms with van der Waals surface area (Å²) in [5, 5.41) is 0. The van der Waals surface area contributed by atoms with Gasteiger partial charge in [-0.25, -0.2) is 4.39 Å². The first-order chi connectivity index (χ1) is 13.3. The number of carbonyl (C=O) groups is 1. The second-order valence-corrected chi connectivity index (χ2v) is 8.34. The zero-order chi connectivity index (χ0) is 20.6. The summed E-state index contributed by atoms with van der Waals surface area (Å²) >= 11 is 0. The third-order valence-electron chi connectivity index (χ3n) is 4.18. The van der Waals surface area contributed by atoms with Crippen molar-refractivity contribution in [3.8, 4) is 5.75 Å². The summed E-state index contributed by atoms with van der Waals surface area (Å²) in [6.07, 6.45) is 4.31. The Morgan fingerprint density at radius 1 is 0.964 bits per heavy atom. The number of amides is 1. The summed E-state index contributed by atoms with van der Waals surface area (Å²) in [6, 6.07) is 12.7. The van der Waals surface area contributed by atoms with Gasteiger partial charge in [0.2, 0.25) is 5.91 Å². The quantitative estimate of drug-likeness (QED) is 0.436. The molecule has 0 heterocycles. The summed E-state index contributed by atoms with van der Waals surface area (Å²) in [4.78, 5) is 14.4. The first kappa shape index (κ1) is 21.9. The van der Waals surface area contributed by atoms with Crippen LogP contribution >= 0.6 is 0 Å². The van der Waals surface area contributed by atoms with Gasteiger partial charge in [-0.15, -0.1) is 0 Å². The summed E-state index contributed by atoms with van der Waals surface area (Å²) in [6.45, 7) is 2.84. The molecule has 0 spiro atoms. The predicted molar refractivity (Wildman–Crippen MR) is 107 cm³/mol. The van der Waals surface area contributed by atoms with E-state index in [9.17, 15) is 17.6 Å². The first-order valence-electron chi connectivity index (χ1n) is 9.27. The monoisotopic (exact) mass is 407 g/mol. The molecule has 1 amide bonds. The van der Waals surface area contributed by atoms with Crippen molar-refractivity contribution in [3.63, 3.8) is 0 Å². The van der Waals surface area contributed by atoms with E-state index in [1.807, 2.05) is 0 Å². The Labute approximate surface area is 166 Å². The number of halogens is 1. The third kappa shape index (κ3) is 7.68. The Morgan fingerprint density at radius 2 is 1.50 bits per heavy atom. The summed E-state index contributed by atoms with van der Waals surface area (Å²) in [5.41, 5.74) is 1.70. The van der Waals surface area contributed by atoms with E-state index < -0.39 is 10.1 Å². The molecule has 0 fully saturated rings. The van der Waals surface area contributed by atoms with E-state index in [0.717, 1.165) is 36.6 Å². The van der Waals surface area contributed by atoms with Crippen molar-refractivity contribution >= 4 is 16.0 Å². The lowest BCUT2D eigenvalue weighted by atomic mass is 10.1. The van der Waals surface area contributed by atoms with Crippen molar-refractivity contribution < 1.29 is 21.8 Å². The molecule has 7 heteroatoms. The van der Waals surface area contributed by atoms with E-state index in [-0.39, 0.29) is 17.5 Å². The molecule has 0 aliphatic heterocycles. The lowest BCUT2D eigenvalue weighted by molar-refractivity contribution is -0.132. The summed E-state index contributed by atoms with van der Waals surface area (Å²) in [5.74, 6) is -0.0501. The minimum absolute atomic E-state index is 0.0363. The Kier molecular flexibility index (Phi) is 7.99. The lowest BCUT2D eigenvalue weighted by Gasteiger charge is -2.23. The van der Waals surface area contributed by atoms with E-state index in [2.05, 4.69) is 6.92 Å². The van der Waals surface area contributed by atoms with Crippen LogP contribution in [-0.4, -0.2) is 25.5 Å². The molecule has 152 valence electrons. The topological polar surface area (TPSA) is 63.7 Å². The maximum absolute atomic E-state index is 13.2. The molecule has 2 rings (SSSR count). The zero-order valence-corrected chi connectivity index (χ0v) is 17.0. The average Bonchev–Trinajstić information content (AvgIpc) is 2.63. The van der Waals surface area contributed by atoms with Gasteiger partial charge in [-0.3, -0.25) is 4.79 Å². The van der Waals surface area contributed by atoms with Crippen LogP contribution in [0.2, 0.25) is 0 Å². The Bertz CT molecular complexity index is 864. The van der Waals surface area contributed by atoms with Crippen molar-refractivity contribution in [3.05, 3.63) is 65.5 Å². The Morgan fingerprint density at radius 3 is 2.00 bits per heavy atom. The van der Waals surface area contributed by atoms with E-state index in [4.69, 9.17) is 4.18 Å². The summed E-state index contributed by atoms with van der Waals surface area (Å²) in [7, 11) is -3.58. The number of hydrogen-bond acceptors (Lipinski definition) is 4. The number of benzene rings is 2.